The third-order valence-corrected chi connectivity index (χ3v) is 3.81. The lowest BCUT2D eigenvalue weighted by molar-refractivity contribution is -0.116. The molecule has 0 spiro atoms. The minimum atomic E-state index is -0.579. The number of rotatable bonds is 1. The summed E-state index contributed by atoms with van der Waals surface area (Å²) in [6.45, 7) is 3.53. The number of allylic oxidation sites excluding steroid dienone is 2. The Morgan fingerprint density at radius 2 is 2.09 bits per heavy atom. The highest BCUT2D eigenvalue weighted by Crippen LogP contribution is 2.46. The maximum atomic E-state index is 11.2. The molecule has 0 amide bonds. The fourth-order valence-corrected chi connectivity index (χ4v) is 2.08. The van der Waals surface area contributed by atoms with Gasteiger partial charge in [-0.25, -0.2) is 0 Å². The van der Waals surface area contributed by atoms with Crippen LogP contribution in [0.4, 0.5) is 0 Å². The third kappa shape index (κ3) is 1.25. The molecule has 0 aromatic rings. The summed E-state index contributed by atoms with van der Waals surface area (Å²) in [5, 5.41) is -0.00963. The molecule has 2 nitrogen and oxygen atoms in total. The minimum Gasteiger partial charge on any atom is -0.297 e. The predicted octanol–water partition coefficient (Wildman–Crippen LogP) is 1.63. The van der Waals surface area contributed by atoms with Gasteiger partial charge < -0.3 is 0 Å². The van der Waals surface area contributed by atoms with E-state index in [-0.39, 0.29) is 5.12 Å². The summed E-state index contributed by atoms with van der Waals surface area (Å²) < 4.78 is 0. The molecule has 11 heavy (non-hydrogen) atoms. The van der Waals surface area contributed by atoms with E-state index in [0.29, 0.717) is 16.1 Å². The van der Waals surface area contributed by atoms with Gasteiger partial charge in [0.25, 0.3) is 0 Å². The highest BCUT2D eigenvalue weighted by Gasteiger charge is 2.39. The summed E-state index contributed by atoms with van der Waals surface area (Å²) in [4.78, 5) is 22.6. The Hall–Kier alpha value is -0.220. The van der Waals surface area contributed by atoms with Crippen LogP contribution in [0, 0.1) is 5.41 Å². The minimum absolute atomic E-state index is 0.00963. The van der Waals surface area contributed by atoms with E-state index in [1.54, 1.807) is 13.8 Å². The van der Waals surface area contributed by atoms with Gasteiger partial charge in [-0.1, -0.05) is 0 Å². The van der Waals surface area contributed by atoms with Crippen molar-refractivity contribution in [1.29, 1.82) is 0 Å². The molecule has 0 atom stereocenters. The van der Waals surface area contributed by atoms with Gasteiger partial charge in [-0.05, 0) is 25.6 Å². The quantitative estimate of drug-likeness (QED) is 0.501. The van der Waals surface area contributed by atoms with Gasteiger partial charge >= 0.3 is 0 Å². The van der Waals surface area contributed by atoms with Crippen LogP contribution in [0.3, 0.4) is 0 Å². The standard InChI is InChI=1S/C7H8O2S2/c1-7(2)5(10)4(3-8)11-6(7)9/h3,10H,1-2H3. The topological polar surface area (TPSA) is 34.1 Å². The zero-order valence-corrected chi connectivity index (χ0v) is 7.96. The second-order valence-electron chi connectivity index (χ2n) is 2.85. The van der Waals surface area contributed by atoms with Crippen molar-refractivity contribution in [2.24, 2.45) is 5.41 Å². The van der Waals surface area contributed by atoms with Crippen LogP contribution in [0.15, 0.2) is 9.81 Å². The van der Waals surface area contributed by atoms with Crippen molar-refractivity contribution in [1.82, 2.24) is 0 Å². The van der Waals surface area contributed by atoms with Crippen LogP contribution in [0.5, 0.6) is 0 Å². The Morgan fingerprint density at radius 1 is 1.55 bits per heavy atom. The molecule has 0 aromatic carbocycles. The molecular formula is C7H8O2S2. The zero-order chi connectivity index (χ0) is 8.65. The largest absolute Gasteiger partial charge is 0.297 e. The van der Waals surface area contributed by atoms with Crippen molar-refractivity contribution in [2.75, 3.05) is 0 Å². The molecule has 1 rings (SSSR count). The van der Waals surface area contributed by atoms with Crippen molar-refractivity contribution < 1.29 is 9.59 Å². The molecule has 4 heteroatoms. The average Bonchev–Trinajstić information content (AvgIpc) is 2.14. The maximum absolute atomic E-state index is 11.2. The van der Waals surface area contributed by atoms with Crippen LogP contribution in [0.1, 0.15) is 13.8 Å². The highest BCUT2D eigenvalue weighted by molar-refractivity contribution is 8.18. The lowest BCUT2D eigenvalue weighted by atomic mass is 9.95. The van der Waals surface area contributed by atoms with Crippen LogP contribution in [0.2, 0.25) is 0 Å². The monoisotopic (exact) mass is 188 g/mol. The number of aldehydes is 1. The van der Waals surface area contributed by atoms with Crippen LogP contribution >= 0.6 is 24.4 Å². The molecule has 0 aliphatic carbocycles. The maximum Gasteiger partial charge on any atom is 0.204 e. The van der Waals surface area contributed by atoms with Crippen LogP contribution in [0.25, 0.3) is 0 Å². The Kier molecular flexibility index (Phi) is 2.16. The van der Waals surface area contributed by atoms with E-state index in [0.717, 1.165) is 11.8 Å². The Labute approximate surface area is 74.8 Å². The lowest BCUT2D eigenvalue weighted by Gasteiger charge is -2.14. The first-order chi connectivity index (χ1) is 5.00. The summed E-state index contributed by atoms with van der Waals surface area (Å²) in [5.41, 5.74) is -0.579. The Balaban J connectivity index is 3.11. The number of hydrogen-bond donors (Lipinski definition) is 1. The average molecular weight is 188 g/mol. The smallest absolute Gasteiger partial charge is 0.204 e. The molecule has 1 aliphatic rings. The normalized spacial score (nSPS) is 22.6. The Morgan fingerprint density at radius 3 is 2.27 bits per heavy atom. The number of thioether (sulfide) groups is 1. The van der Waals surface area contributed by atoms with E-state index in [1.807, 2.05) is 0 Å². The van der Waals surface area contributed by atoms with E-state index >= 15 is 0 Å². The van der Waals surface area contributed by atoms with Gasteiger partial charge in [0.1, 0.15) is 0 Å². The number of thiol groups is 1. The van der Waals surface area contributed by atoms with Gasteiger partial charge in [0.05, 0.1) is 10.3 Å². The molecule has 0 saturated heterocycles. The molecule has 0 N–H and O–H groups in total. The predicted molar refractivity (Wildman–Crippen MR) is 48.5 cm³/mol. The summed E-state index contributed by atoms with van der Waals surface area (Å²) in [6, 6.07) is 0. The van der Waals surface area contributed by atoms with E-state index in [4.69, 9.17) is 0 Å². The molecule has 60 valence electrons. The van der Waals surface area contributed by atoms with Crippen molar-refractivity contribution >= 4 is 35.8 Å². The van der Waals surface area contributed by atoms with Crippen LogP contribution in [-0.2, 0) is 9.59 Å². The van der Waals surface area contributed by atoms with E-state index in [1.165, 1.54) is 0 Å². The first-order valence-electron chi connectivity index (χ1n) is 3.11. The summed E-state index contributed by atoms with van der Waals surface area (Å²) >= 11 is 5.09. The molecule has 0 saturated carbocycles. The van der Waals surface area contributed by atoms with Gasteiger partial charge in [0.2, 0.25) is 5.12 Å². The van der Waals surface area contributed by atoms with Gasteiger partial charge in [0.15, 0.2) is 6.29 Å². The second-order valence-corrected chi connectivity index (χ2v) is 4.31. The fraction of sp³-hybridized carbons (Fsp3) is 0.429. The molecule has 0 bridgehead atoms. The molecule has 0 unspecified atom stereocenters. The summed E-state index contributed by atoms with van der Waals surface area (Å²) in [6.07, 6.45) is 0.680. The molecule has 1 heterocycles. The van der Waals surface area contributed by atoms with Crippen molar-refractivity contribution in [3.05, 3.63) is 9.81 Å². The third-order valence-electron chi connectivity index (χ3n) is 1.65. The zero-order valence-electron chi connectivity index (χ0n) is 6.25. The van der Waals surface area contributed by atoms with Gasteiger partial charge in [-0.3, -0.25) is 9.59 Å². The first kappa shape index (κ1) is 8.87. The van der Waals surface area contributed by atoms with Crippen LogP contribution < -0.4 is 0 Å². The molecular weight excluding hydrogens is 180 g/mol. The van der Waals surface area contributed by atoms with Crippen LogP contribution in [-0.4, -0.2) is 11.4 Å². The number of hydrogen-bond acceptors (Lipinski definition) is 4. The van der Waals surface area contributed by atoms with Crippen molar-refractivity contribution in [3.63, 3.8) is 0 Å². The molecule has 0 radical (unpaired) electrons. The van der Waals surface area contributed by atoms with Crippen molar-refractivity contribution in [2.45, 2.75) is 13.8 Å². The lowest BCUT2D eigenvalue weighted by Crippen LogP contribution is -2.16. The van der Waals surface area contributed by atoms with Crippen molar-refractivity contribution in [3.8, 4) is 0 Å². The number of carbonyl (C=O) groups is 2. The molecule has 1 aliphatic heterocycles. The molecule has 0 fully saturated rings. The Bertz CT molecular complexity index is 253. The van der Waals surface area contributed by atoms with Gasteiger partial charge in [0, 0.05) is 4.91 Å². The van der Waals surface area contributed by atoms with Gasteiger partial charge in [-0.2, -0.15) is 0 Å². The second kappa shape index (κ2) is 2.68. The van der Waals surface area contributed by atoms with Gasteiger partial charge in [-0.15, -0.1) is 12.6 Å². The SMILES string of the molecule is CC1(C)C(=O)SC(C=O)=C1S. The summed E-state index contributed by atoms with van der Waals surface area (Å²) in [7, 11) is 0. The fourth-order valence-electron chi connectivity index (χ4n) is 0.760. The van der Waals surface area contributed by atoms with E-state index in [9.17, 15) is 9.59 Å². The van der Waals surface area contributed by atoms with E-state index in [2.05, 4.69) is 12.6 Å². The highest BCUT2D eigenvalue weighted by atomic mass is 32.2. The summed E-state index contributed by atoms with van der Waals surface area (Å²) in [5.74, 6) is 0. The number of carbonyl (C=O) groups excluding carboxylic acids is 2. The molecule has 0 aromatic heterocycles. The first-order valence-corrected chi connectivity index (χ1v) is 4.37. The van der Waals surface area contributed by atoms with E-state index < -0.39 is 5.41 Å².